The second-order valence-electron chi connectivity index (χ2n) is 5.78. The van der Waals surface area contributed by atoms with Crippen molar-refractivity contribution < 1.29 is 14.6 Å². The molecule has 4 heteroatoms. The van der Waals surface area contributed by atoms with E-state index in [1.165, 1.54) is 0 Å². The van der Waals surface area contributed by atoms with E-state index in [0.717, 1.165) is 26.1 Å². The van der Waals surface area contributed by atoms with E-state index >= 15 is 0 Å². The lowest BCUT2D eigenvalue weighted by Gasteiger charge is -2.37. The van der Waals surface area contributed by atoms with Crippen molar-refractivity contribution in [3.05, 3.63) is 0 Å². The van der Waals surface area contributed by atoms with E-state index in [-0.39, 0.29) is 6.10 Å². The Kier molecular flexibility index (Phi) is 4.95. The molecule has 1 saturated heterocycles. The number of hydrogen-bond donors (Lipinski definition) is 1. The smallest absolute Gasteiger partial charge is 0.309 e. The van der Waals surface area contributed by atoms with Crippen LogP contribution in [0.5, 0.6) is 0 Å². The molecule has 17 heavy (non-hydrogen) atoms. The van der Waals surface area contributed by atoms with Crippen molar-refractivity contribution in [2.45, 2.75) is 39.7 Å². The Morgan fingerprint density at radius 3 is 2.71 bits per heavy atom. The molecule has 0 bridgehead atoms. The molecule has 0 spiro atoms. The van der Waals surface area contributed by atoms with E-state index < -0.39 is 11.4 Å². The lowest BCUT2D eigenvalue weighted by Crippen LogP contribution is -2.45. The minimum absolute atomic E-state index is 0.289. The molecule has 1 fully saturated rings. The number of carboxylic acid groups (broad SMARTS) is 1. The van der Waals surface area contributed by atoms with Crippen LogP contribution in [0.3, 0.4) is 0 Å². The summed E-state index contributed by atoms with van der Waals surface area (Å²) in [6.45, 7) is 8.61. The molecular weight excluding hydrogens is 218 g/mol. The largest absolute Gasteiger partial charge is 0.481 e. The summed E-state index contributed by atoms with van der Waals surface area (Å²) >= 11 is 0. The van der Waals surface area contributed by atoms with E-state index in [1.807, 2.05) is 0 Å². The first-order valence-electron chi connectivity index (χ1n) is 6.35. The fourth-order valence-electron chi connectivity index (χ4n) is 2.15. The Morgan fingerprint density at radius 1 is 1.53 bits per heavy atom. The third-order valence-corrected chi connectivity index (χ3v) is 3.91. The number of rotatable bonds is 5. The molecule has 4 nitrogen and oxygen atoms in total. The van der Waals surface area contributed by atoms with Crippen LogP contribution in [0.4, 0.5) is 0 Å². The molecular formula is C13H25NO3. The molecule has 1 rings (SSSR count). The normalized spacial score (nSPS) is 27.1. The molecule has 0 saturated carbocycles. The van der Waals surface area contributed by atoms with Crippen LogP contribution in [0.15, 0.2) is 0 Å². The lowest BCUT2D eigenvalue weighted by atomic mass is 9.88. The summed E-state index contributed by atoms with van der Waals surface area (Å²) in [5, 5.41) is 9.07. The molecule has 0 amide bonds. The highest BCUT2D eigenvalue weighted by atomic mass is 16.5. The van der Waals surface area contributed by atoms with Gasteiger partial charge in [-0.15, -0.1) is 0 Å². The highest BCUT2D eigenvalue weighted by Gasteiger charge is 2.30. The number of aliphatic carboxylic acids is 1. The molecule has 2 unspecified atom stereocenters. The van der Waals surface area contributed by atoms with Gasteiger partial charge in [0.1, 0.15) is 0 Å². The minimum Gasteiger partial charge on any atom is -0.481 e. The second kappa shape index (κ2) is 5.83. The minimum atomic E-state index is -0.717. The zero-order valence-electron chi connectivity index (χ0n) is 11.4. The molecule has 1 heterocycles. The first kappa shape index (κ1) is 14.5. The van der Waals surface area contributed by atoms with Gasteiger partial charge < -0.3 is 14.7 Å². The summed E-state index contributed by atoms with van der Waals surface area (Å²) in [6, 6.07) is 0. The number of methoxy groups -OCH3 is 1. The van der Waals surface area contributed by atoms with Gasteiger partial charge >= 0.3 is 5.97 Å². The molecule has 100 valence electrons. The first-order valence-corrected chi connectivity index (χ1v) is 6.35. The molecule has 0 radical (unpaired) electrons. The van der Waals surface area contributed by atoms with Crippen LogP contribution in [-0.2, 0) is 9.53 Å². The Morgan fingerprint density at radius 2 is 2.18 bits per heavy atom. The fraction of sp³-hybridized carbons (Fsp3) is 0.923. The number of carbonyl (C=O) groups is 1. The summed E-state index contributed by atoms with van der Waals surface area (Å²) in [5.41, 5.74) is -0.633. The topological polar surface area (TPSA) is 49.8 Å². The van der Waals surface area contributed by atoms with Crippen LogP contribution < -0.4 is 0 Å². The summed E-state index contributed by atoms with van der Waals surface area (Å²) in [7, 11) is 1.76. The van der Waals surface area contributed by atoms with Crippen LogP contribution in [0.1, 0.15) is 33.6 Å². The van der Waals surface area contributed by atoms with E-state index in [2.05, 4.69) is 11.8 Å². The van der Waals surface area contributed by atoms with Crippen LogP contribution in [0.25, 0.3) is 0 Å². The number of ether oxygens (including phenoxy) is 1. The Hall–Kier alpha value is -0.610. The highest BCUT2D eigenvalue weighted by molar-refractivity contribution is 5.73. The van der Waals surface area contributed by atoms with Crippen molar-refractivity contribution in [1.29, 1.82) is 0 Å². The molecule has 1 aliphatic heterocycles. The van der Waals surface area contributed by atoms with Gasteiger partial charge in [0, 0.05) is 13.7 Å². The lowest BCUT2D eigenvalue weighted by molar-refractivity contribution is -0.147. The summed E-state index contributed by atoms with van der Waals surface area (Å²) in [6.07, 6.45) is 2.11. The van der Waals surface area contributed by atoms with Crippen LogP contribution >= 0.6 is 0 Å². The van der Waals surface area contributed by atoms with E-state index in [0.29, 0.717) is 12.3 Å². The van der Waals surface area contributed by atoms with Crippen molar-refractivity contribution in [1.82, 2.24) is 4.90 Å². The standard InChI is InChI=1S/C13H25NO3/c1-10-5-7-14(9-11(10)17-4)8-6-13(2,3)12(15)16/h10-11H,5-9H2,1-4H3,(H,15,16). The zero-order chi connectivity index (χ0) is 13.1. The molecule has 0 aromatic carbocycles. The molecule has 1 N–H and O–H groups in total. The Labute approximate surface area is 104 Å². The number of piperidine rings is 1. The van der Waals surface area contributed by atoms with Crippen LogP contribution in [0.2, 0.25) is 0 Å². The molecule has 1 aliphatic rings. The van der Waals surface area contributed by atoms with E-state index in [4.69, 9.17) is 9.84 Å². The van der Waals surface area contributed by atoms with Gasteiger partial charge in [-0.3, -0.25) is 4.79 Å². The van der Waals surface area contributed by atoms with Gasteiger partial charge in [0.2, 0.25) is 0 Å². The average Bonchev–Trinajstić information content (AvgIpc) is 2.28. The number of carboxylic acids is 1. The van der Waals surface area contributed by atoms with Crippen LogP contribution in [0, 0.1) is 11.3 Å². The molecule has 0 aliphatic carbocycles. The van der Waals surface area contributed by atoms with Gasteiger partial charge in [0.05, 0.1) is 11.5 Å². The first-order chi connectivity index (χ1) is 7.86. The Balaban J connectivity index is 2.41. The third kappa shape index (κ3) is 3.96. The molecule has 0 aromatic rings. The van der Waals surface area contributed by atoms with Crippen LogP contribution in [-0.4, -0.2) is 48.8 Å². The quantitative estimate of drug-likeness (QED) is 0.800. The van der Waals surface area contributed by atoms with Gasteiger partial charge in [-0.25, -0.2) is 0 Å². The number of hydrogen-bond acceptors (Lipinski definition) is 3. The summed E-state index contributed by atoms with van der Waals surface area (Å²) < 4.78 is 5.46. The highest BCUT2D eigenvalue weighted by Crippen LogP contribution is 2.24. The predicted octanol–water partition coefficient (Wildman–Crippen LogP) is 1.84. The Bertz CT molecular complexity index is 265. The fourth-order valence-corrected chi connectivity index (χ4v) is 2.15. The average molecular weight is 243 g/mol. The van der Waals surface area contributed by atoms with Gasteiger partial charge in [-0.2, -0.15) is 0 Å². The molecule has 2 atom stereocenters. The third-order valence-electron chi connectivity index (χ3n) is 3.91. The van der Waals surface area contributed by atoms with Gasteiger partial charge in [0.25, 0.3) is 0 Å². The predicted molar refractivity (Wildman–Crippen MR) is 67.1 cm³/mol. The van der Waals surface area contributed by atoms with E-state index in [9.17, 15) is 4.79 Å². The monoisotopic (exact) mass is 243 g/mol. The second-order valence-corrected chi connectivity index (χ2v) is 5.78. The van der Waals surface area contributed by atoms with Crippen molar-refractivity contribution >= 4 is 5.97 Å². The maximum atomic E-state index is 11.0. The van der Waals surface area contributed by atoms with E-state index in [1.54, 1.807) is 21.0 Å². The van der Waals surface area contributed by atoms with Gasteiger partial charge in [-0.1, -0.05) is 6.92 Å². The van der Waals surface area contributed by atoms with Gasteiger partial charge in [0.15, 0.2) is 0 Å². The van der Waals surface area contributed by atoms with Crippen molar-refractivity contribution in [2.75, 3.05) is 26.7 Å². The number of nitrogens with zero attached hydrogens (tertiary/aromatic N) is 1. The summed E-state index contributed by atoms with van der Waals surface area (Å²) in [5.74, 6) is -0.116. The zero-order valence-corrected chi connectivity index (χ0v) is 11.4. The van der Waals surface area contributed by atoms with Crippen molar-refractivity contribution in [3.63, 3.8) is 0 Å². The van der Waals surface area contributed by atoms with Crippen molar-refractivity contribution in [3.8, 4) is 0 Å². The number of likely N-dealkylation sites (tertiary alicyclic amines) is 1. The molecule has 0 aromatic heterocycles. The van der Waals surface area contributed by atoms with Crippen molar-refractivity contribution in [2.24, 2.45) is 11.3 Å². The maximum Gasteiger partial charge on any atom is 0.309 e. The summed E-state index contributed by atoms with van der Waals surface area (Å²) in [4.78, 5) is 13.3. The maximum absolute atomic E-state index is 11.0. The SMILES string of the molecule is COC1CN(CCC(C)(C)C(=O)O)CCC1C. The van der Waals surface area contributed by atoms with Gasteiger partial charge in [-0.05, 0) is 45.7 Å².